The molecule has 0 fully saturated rings. The number of nitrogens with zero attached hydrogens (tertiary/aromatic N) is 2. The molecule has 2 aromatic rings. The smallest absolute Gasteiger partial charge is 0.222 e. The van der Waals surface area contributed by atoms with Crippen molar-refractivity contribution in [3.8, 4) is 5.75 Å². The number of hydrogen-bond donors (Lipinski definition) is 0. The molecule has 1 heterocycles. The average Bonchev–Trinajstić information content (AvgIpc) is 3.07. The quantitative estimate of drug-likeness (QED) is 0.639. The second-order valence-electron chi connectivity index (χ2n) is 6.86. The van der Waals surface area contributed by atoms with Gasteiger partial charge in [0.15, 0.2) is 0 Å². The van der Waals surface area contributed by atoms with Crippen LogP contribution in [-0.2, 0) is 17.9 Å². The minimum Gasteiger partial charge on any atom is -0.486 e. The van der Waals surface area contributed by atoms with Gasteiger partial charge in [-0.25, -0.2) is 4.98 Å². The summed E-state index contributed by atoms with van der Waals surface area (Å²) >= 11 is 1.59. The van der Waals surface area contributed by atoms with Gasteiger partial charge in [0.1, 0.15) is 17.4 Å². The van der Waals surface area contributed by atoms with Crippen LogP contribution in [0.3, 0.4) is 0 Å². The summed E-state index contributed by atoms with van der Waals surface area (Å²) in [6, 6.07) is 4.46. The maximum absolute atomic E-state index is 12.2. The third-order valence-corrected chi connectivity index (χ3v) is 5.66. The van der Waals surface area contributed by atoms with Crippen LogP contribution in [0, 0.1) is 20.8 Å². The first-order chi connectivity index (χ1) is 12.3. The Labute approximate surface area is 161 Å². The summed E-state index contributed by atoms with van der Waals surface area (Å²) in [6.07, 6.45) is 1.47. The summed E-state index contributed by atoms with van der Waals surface area (Å²) < 4.78 is 6.01. The maximum atomic E-state index is 12.2. The van der Waals surface area contributed by atoms with Gasteiger partial charge >= 0.3 is 0 Å². The number of rotatable bonds is 8. The Morgan fingerprint density at radius 1 is 1.27 bits per heavy atom. The zero-order chi connectivity index (χ0) is 19.3. The number of benzene rings is 1. The molecule has 0 spiro atoms. The minimum atomic E-state index is 0.177. The average molecular weight is 375 g/mol. The Morgan fingerprint density at radius 2 is 2.00 bits per heavy atom. The number of hydrogen-bond acceptors (Lipinski definition) is 4. The first-order valence-corrected chi connectivity index (χ1v) is 10.2. The van der Waals surface area contributed by atoms with E-state index in [-0.39, 0.29) is 11.9 Å². The van der Waals surface area contributed by atoms with Gasteiger partial charge < -0.3 is 9.64 Å². The Balaban J connectivity index is 2.04. The molecule has 0 bridgehead atoms. The van der Waals surface area contributed by atoms with E-state index in [2.05, 4.69) is 51.7 Å². The molecule has 4 nitrogen and oxygen atoms in total. The van der Waals surface area contributed by atoms with Gasteiger partial charge in [-0.3, -0.25) is 4.79 Å². The summed E-state index contributed by atoms with van der Waals surface area (Å²) in [4.78, 5) is 18.8. The zero-order valence-corrected chi connectivity index (χ0v) is 17.6. The molecule has 0 unspecified atom stereocenters. The number of thiazole rings is 1. The highest BCUT2D eigenvalue weighted by molar-refractivity contribution is 7.09. The lowest BCUT2D eigenvalue weighted by molar-refractivity contribution is -0.133. The SMILES string of the molecule is CCC(=O)N(Cc1csc(COc2cc(C)cc(C)c2C)n1)[C@H](C)CC. The van der Waals surface area contributed by atoms with Gasteiger partial charge in [0.05, 0.1) is 12.2 Å². The number of aryl methyl sites for hydroxylation is 2. The summed E-state index contributed by atoms with van der Waals surface area (Å²) in [5, 5.41) is 2.97. The van der Waals surface area contributed by atoms with Crippen LogP contribution in [0.2, 0.25) is 0 Å². The van der Waals surface area contributed by atoms with E-state index in [9.17, 15) is 4.79 Å². The highest BCUT2D eigenvalue weighted by atomic mass is 32.1. The van der Waals surface area contributed by atoms with Crippen molar-refractivity contribution < 1.29 is 9.53 Å². The number of carbonyl (C=O) groups is 1. The molecule has 26 heavy (non-hydrogen) atoms. The van der Waals surface area contributed by atoms with Crippen molar-refractivity contribution in [2.45, 2.75) is 73.6 Å². The lowest BCUT2D eigenvalue weighted by atomic mass is 10.1. The predicted molar refractivity (Wildman–Crippen MR) is 108 cm³/mol. The molecule has 142 valence electrons. The lowest BCUT2D eigenvalue weighted by Crippen LogP contribution is -2.37. The predicted octanol–water partition coefficient (Wildman–Crippen LogP) is 5.18. The molecule has 0 aliphatic carbocycles. The molecule has 1 amide bonds. The van der Waals surface area contributed by atoms with Crippen molar-refractivity contribution in [1.29, 1.82) is 0 Å². The third-order valence-electron chi connectivity index (χ3n) is 4.79. The summed E-state index contributed by atoms with van der Waals surface area (Å²) in [5.41, 5.74) is 4.55. The van der Waals surface area contributed by atoms with E-state index in [0.29, 0.717) is 19.6 Å². The van der Waals surface area contributed by atoms with E-state index >= 15 is 0 Å². The number of ether oxygens (including phenoxy) is 1. The van der Waals surface area contributed by atoms with Crippen molar-refractivity contribution in [3.05, 3.63) is 44.9 Å². The number of amides is 1. The van der Waals surface area contributed by atoms with Crippen molar-refractivity contribution in [1.82, 2.24) is 9.88 Å². The number of carbonyl (C=O) groups excluding carboxylic acids is 1. The van der Waals surface area contributed by atoms with Gasteiger partial charge in [0.25, 0.3) is 0 Å². The molecule has 5 heteroatoms. The second kappa shape index (κ2) is 9.17. The standard InChI is InChI=1S/C21H30N2O2S/c1-7-16(5)23(21(24)8-2)11-18-13-26-20(22-18)12-25-19-10-14(3)9-15(4)17(19)6/h9-10,13,16H,7-8,11-12H2,1-6H3/t16-/m1/s1. The van der Waals surface area contributed by atoms with E-state index in [1.54, 1.807) is 11.3 Å². The van der Waals surface area contributed by atoms with Gasteiger partial charge in [-0.15, -0.1) is 11.3 Å². The molecule has 2 rings (SSSR count). The molecule has 1 aromatic heterocycles. The van der Waals surface area contributed by atoms with Crippen LogP contribution in [0.4, 0.5) is 0 Å². The molecular weight excluding hydrogens is 344 g/mol. The van der Waals surface area contributed by atoms with E-state index in [1.807, 2.05) is 17.2 Å². The van der Waals surface area contributed by atoms with Gasteiger partial charge in [0.2, 0.25) is 5.91 Å². The van der Waals surface area contributed by atoms with Gasteiger partial charge in [-0.05, 0) is 56.9 Å². The van der Waals surface area contributed by atoms with Crippen molar-refractivity contribution in [2.24, 2.45) is 0 Å². The lowest BCUT2D eigenvalue weighted by Gasteiger charge is -2.27. The van der Waals surface area contributed by atoms with Crippen LogP contribution < -0.4 is 4.74 Å². The highest BCUT2D eigenvalue weighted by Crippen LogP contribution is 2.25. The van der Waals surface area contributed by atoms with Crippen LogP contribution >= 0.6 is 11.3 Å². The van der Waals surface area contributed by atoms with Crippen LogP contribution in [-0.4, -0.2) is 21.8 Å². The van der Waals surface area contributed by atoms with Gasteiger partial charge in [-0.1, -0.05) is 19.9 Å². The molecule has 0 aliphatic heterocycles. The van der Waals surface area contributed by atoms with Crippen LogP contribution in [0.25, 0.3) is 0 Å². The Bertz CT molecular complexity index is 754. The zero-order valence-electron chi connectivity index (χ0n) is 16.8. The van der Waals surface area contributed by atoms with Crippen LogP contribution in [0.15, 0.2) is 17.5 Å². The number of aromatic nitrogens is 1. The second-order valence-corrected chi connectivity index (χ2v) is 7.80. The molecular formula is C21H30N2O2S. The first-order valence-electron chi connectivity index (χ1n) is 9.29. The highest BCUT2D eigenvalue weighted by Gasteiger charge is 2.19. The molecule has 1 aromatic carbocycles. The van der Waals surface area contributed by atoms with Crippen molar-refractivity contribution in [2.75, 3.05) is 0 Å². The normalized spacial score (nSPS) is 12.1. The molecule has 0 aliphatic rings. The summed E-state index contributed by atoms with van der Waals surface area (Å²) in [6.45, 7) is 13.4. The monoisotopic (exact) mass is 374 g/mol. The fourth-order valence-corrected chi connectivity index (χ4v) is 3.56. The summed E-state index contributed by atoms with van der Waals surface area (Å²) in [7, 11) is 0. The topological polar surface area (TPSA) is 42.4 Å². The third kappa shape index (κ3) is 5.07. The fourth-order valence-electron chi connectivity index (χ4n) is 2.87. The Morgan fingerprint density at radius 3 is 2.65 bits per heavy atom. The largest absolute Gasteiger partial charge is 0.486 e. The van der Waals surface area contributed by atoms with Crippen LogP contribution in [0.5, 0.6) is 5.75 Å². The minimum absolute atomic E-state index is 0.177. The van der Waals surface area contributed by atoms with Crippen LogP contribution in [0.1, 0.15) is 61.0 Å². The molecule has 0 radical (unpaired) electrons. The molecule has 0 saturated heterocycles. The van der Waals surface area contributed by atoms with Crippen molar-refractivity contribution >= 4 is 17.2 Å². The summed E-state index contributed by atoms with van der Waals surface area (Å²) in [5.74, 6) is 1.10. The van der Waals surface area contributed by atoms with E-state index in [0.717, 1.165) is 22.9 Å². The van der Waals surface area contributed by atoms with Gasteiger partial charge in [-0.2, -0.15) is 0 Å². The van der Waals surface area contributed by atoms with Gasteiger partial charge in [0, 0.05) is 17.8 Å². The Hall–Kier alpha value is -1.88. The maximum Gasteiger partial charge on any atom is 0.222 e. The Kier molecular flexibility index (Phi) is 7.21. The van der Waals surface area contributed by atoms with Crippen molar-refractivity contribution in [3.63, 3.8) is 0 Å². The molecule has 0 saturated carbocycles. The molecule has 0 N–H and O–H groups in total. The first kappa shape index (κ1) is 20.4. The van der Waals surface area contributed by atoms with E-state index in [4.69, 9.17) is 4.74 Å². The fraction of sp³-hybridized carbons (Fsp3) is 0.524. The molecule has 1 atom stereocenters. The van der Waals surface area contributed by atoms with E-state index < -0.39 is 0 Å². The van der Waals surface area contributed by atoms with E-state index in [1.165, 1.54) is 16.7 Å².